The number of carbonyl (C=O) groups excluding carboxylic acids is 2. The number of nitrogens with two attached hydrogens (primary N) is 1. The number of carboxylic acids is 1. The number of rotatable bonds is 1. The van der Waals surface area contributed by atoms with Crippen molar-refractivity contribution in [1.29, 1.82) is 0 Å². The molecule has 20 heavy (non-hydrogen) atoms. The molecule has 2 aromatic carbocycles. The molecule has 1 aliphatic carbocycles. The second-order valence-electron chi connectivity index (χ2n) is 4.46. The lowest BCUT2D eigenvalue weighted by atomic mass is 9.81. The lowest BCUT2D eigenvalue weighted by molar-refractivity contribution is 0.0692. The van der Waals surface area contributed by atoms with Crippen molar-refractivity contribution < 1.29 is 19.5 Å². The molecular formula is C15H9NO4. The predicted octanol–water partition coefficient (Wildman–Crippen LogP) is 1.74. The molecular weight excluding hydrogens is 258 g/mol. The largest absolute Gasteiger partial charge is 0.478 e. The number of ketones is 2. The average molecular weight is 267 g/mol. The fraction of sp³-hybridized carbons (Fsp3) is 0. The molecule has 0 bridgehead atoms. The van der Waals surface area contributed by atoms with E-state index in [1.165, 1.54) is 30.3 Å². The first-order valence-electron chi connectivity index (χ1n) is 5.86. The smallest absolute Gasteiger partial charge is 0.336 e. The van der Waals surface area contributed by atoms with Crippen LogP contribution in [0.15, 0.2) is 36.4 Å². The van der Waals surface area contributed by atoms with Gasteiger partial charge in [-0.3, -0.25) is 9.59 Å². The van der Waals surface area contributed by atoms with Crippen molar-refractivity contribution >= 4 is 23.2 Å². The van der Waals surface area contributed by atoms with Crippen LogP contribution in [-0.4, -0.2) is 22.6 Å². The van der Waals surface area contributed by atoms with Crippen LogP contribution in [0.2, 0.25) is 0 Å². The molecule has 0 unspecified atom stereocenters. The number of nitrogen functional groups attached to an aromatic ring is 1. The maximum absolute atomic E-state index is 12.5. The Balaban J connectivity index is 2.38. The van der Waals surface area contributed by atoms with Crippen molar-refractivity contribution in [3.05, 3.63) is 64.2 Å². The van der Waals surface area contributed by atoms with Crippen LogP contribution in [0.3, 0.4) is 0 Å². The van der Waals surface area contributed by atoms with E-state index in [4.69, 9.17) is 10.8 Å². The molecule has 0 saturated carbocycles. The van der Waals surface area contributed by atoms with Crippen LogP contribution in [0.5, 0.6) is 0 Å². The topological polar surface area (TPSA) is 97.5 Å². The highest BCUT2D eigenvalue weighted by atomic mass is 16.4. The molecule has 0 atom stereocenters. The first kappa shape index (κ1) is 12.1. The van der Waals surface area contributed by atoms with Gasteiger partial charge in [-0.25, -0.2) is 4.79 Å². The minimum Gasteiger partial charge on any atom is -0.478 e. The lowest BCUT2D eigenvalue weighted by Gasteiger charge is -2.19. The molecule has 0 saturated heterocycles. The maximum atomic E-state index is 12.5. The van der Waals surface area contributed by atoms with Crippen LogP contribution in [0.1, 0.15) is 42.2 Å². The third kappa shape index (κ3) is 1.46. The summed E-state index contributed by atoms with van der Waals surface area (Å²) in [6, 6.07) is 8.77. The van der Waals surface area contributed by atoms with Gasteiger partial charge in [-0.15, -0.1) is 0 Å². The molecule has 0 aliphatic heterocycles. The molecule has 5 nitrogen and oxygen atoms in total. The molecule has 1 aliphatic rings. The van der Waals surface area contributed by atoms with Crippen molar-refractivity contribution in [2.75, 3.05) is 5.73 Å². The third-order valence-corrected chi connectivity index (χ3v) is 3.33. The van der Waals surface area contributed by atoms with Crippen molar-refractivity contribution in [3.8, 4) is 0 Å². The Kier molecular flexibility index (Phi) is 2.44. The number of hydrogen-bond donors (Lipinski definition) is 2. The van der Waals surface area contributed by atoms with Gasteiger partial charge in [-0.05, 0) is 12.1 Å². The second kappa shape index (κ2) is 4.03. The summed E-state index contributed by atoms with van der Waals surface area (Å²) >= 11 is 0. The highest BCUT2D eigenvalue weighted by molar-refractivity contribution is 6.31. The number of hydrogen-bond acceptors (Lipinski definition) is 4. The summed E-state index contributed by atoms with van der Waals surface area (Å²) < 4.78 is 0. The molecule has 5 heteroatoms. The fourth-order valence-corrected chi connectivity index (χ4v) is 2.45. The predicted molar refractivity (Wildman–Crippen MR) is 71.1 cm³/mol. The molecule has 0 aromatic heterocycles. The third-order valence-electron chi connectivity index (χ3n) is 3.33. The monoisotopic (exact) mass is 267 g/mol. The van der Waals surface area contributed by atoms with Gasteiger partial charge in [-0.1, -0.05) is 24.3 Å². The fourth-order valence-electron chi connectivity index (χ4n) is 2.45. The van der Waals surface area contributed by atoms with Crippen LogP contribution in [0.25, 0.3) is 0 Å². The van der Waals surface area contributed by atoms with E-state index in [-0.39, 0.29) is 33.5 Å². The summed E-state index contributed by atoms with van der Waals surface area (Å²) in [6.07, 6.45) is 0. The Morgan fingerprint density at radius 2 is 1.45 bits per heavy atom. The molecule has 3 rings (SSSR count). The van der Waals surface area contributed by atoms with E-state index in [9.17, 15) is 14.4 Å². The molecule has 0 spiro atoms. The van der Waals surface area contributed by atoms with Gasteiger partial charge >= 0.3 is 5.97 Å². The van der Waals surface area contributed by atoms with E-state index in [1.54, 1.807) is 6.07 Å². The molecule has 2 aromatic rings. The van der Waals surface area contributed by atoms with Gasteiger partial charge in [0, 0.05) is 22.4 Å². The number of anilines is 1. The van der Waals surface area contributed by atoms with Crippen LogP contribution < -0.4 is 5.73 Å². The van der Waals surface area contributed by atoms with E-state index in [2.05, 4.69) is 0 Å². The second-order valence-corrected chi connectivity index (χ2v) is 4.46. The molecule has 3 N–H and O–H groups in total. The molecule has 0 fully saturated rings. The zero-order chi connectivity index (χ0) is 14.4. The van der Waals surface area contributed by atoms with Crippen molar-refractivity contribution in [2.24, 2.45) is 0 Å². The number of aromatic carboxylic acids is 1. The van der Waals surface area contributed by atoms with Gasteiger partial charge in [0.05, 0.1) is 11.1 Å². The first-order valence-corrected chi connectivity index (χ1v) is 5.86. The zero-order valence-electron chi connectivity index (χ0n) is 10.2. The van der Waals surface area contributed by atoms with E-state index < -0.39 is 17.5 Å². The van der Waals surface area contributed by atoms with Crippen molar-refractivity contribution in [3.63, 3.8) is 0 Å². The van der Waals surface area contributed by atoms with E-state index in [0.717, 1.165) is 0 Å². The Bertz CT molecular complexity index is 792. The Hall–Kier alpha value is -2.95. The first-order chi connectivity index (χ1) is 9.52. The number of carboxylic acid groups (broad SMARTS) is 1. The summed E-state index contributed by atoms with van der Waals surface area (Å²) in [5.41, 5.74) is 6.11. The Morgan fingerprint density at radius 1 is 0.900 bits per heavy atom. The Labute approximate surface area is 113 Å². The summed E-state index contributed by atoms with van der Waals surface area (Å²) in [5, 5.41) is 9.16. The van der Waals surface area contributed by atoms with Gasteiger partial charge < -0.3 is 10.8 Å². The Morgan fingerprint density at radius 3 is 2.10 bits per heavy atom. The van der Waals surface area contributed by atoms with Gasteiger partial charge in [0.25, 0.3) is 0 Å². The van der Waals surface area contributed by atoms with Gasteiger partial charge in [0.1, 0.15) is 0 Å². The SMILES string of the molecule is Nc1cccc2c1C(=O)c1cccc(C(=O)O)c1C2=O. The number of benzene rings is 2. The summed E-state index contributed by atoms with van der Waals surface area (Å²) in [7, 11) is 0. The van der Waals surface area contributed by atoms with E-state index in [1.807, 2.05) is 0 Å². The molecule has 0 radical (unpaired) electrons. The summed E-state index contributed by atoms with van der Waals surface area (Å²) in [4.78, 5) is 36.1. The number of carbonyl (C=O) groups is 3. The minimum atomic E-state index is -1.24. The average Bonchev–Trinajstić information content (AvgIpc) is 2.43. The molecule has 0 amide bonds. The number of fused-ring (bicyclic) bond motifs is 2. The normalized spacial score (nSPS) is 12.8. The van der Waals surface area contributed by atoms with Crippen molar-refractivity contribution in [1.82, 2.24) is 0 Å². The lowest BCUT2D eigenvalue weighted by Crippen LogP contribution is -2.24. The van der Waals surface area contributed by atoms with Gasteiger partial charge in [0.15, 0.2) is 11.6 Å². The van der Waals surface area contributed by atoms with Crippen LogP contribution in [-0.2, 0) is 0 Å². The summed E-state index contributed by atoms with van der Waals surface area (Å²) in [6.45, 7) is 0. The minimum absolute atomic E-state index is 0.0666. The van der Waals surface area contributed by atoms with Crippen LogP contribution in [0.4, 0.5) is 5.69 Å². The molecule has 98 valence electrons. The maximum Gasteiger partial charge on any atom is 0.336 e. The van der Waals surface area contributed by atoms with Gasteiger partial charge in [0.2, 0.25) is 0 Å². The van der Waals surface area contributed by atoms with E-state index in [0.29, 0.717) is 0 Å². The quantitative estimate of drug-likeness (QED) is 0.654. The van der Waals surface area contributed by atoms with E-state index >= 15 is 0 Å². The van der Waals surface area contributed by atoms with Crippen LogP contribution in [0, 0.1) is 0 Å². The van der Waals surface area contributed by atoms with Crippen molar-refractivity contribution in [2.45, 2.75) is 0 Å². The van der Waals surface area contributed by atoms with Gasteiger partial charge in [-0.2, -0.15) is 0 Å². The molecule has 0 heterocycles. The highest BCUT2D eigenvalue weighted by Crippen LogP contribution is 2.32. The summed E-state index contributed by atoms with van der Waals surface area (Å²) in [5.74, 6) is -2.15. The zero-order valence-corrected chi connectivity index (χ0v) is 10.2. The standard InChI is InChI=1S/C15H9NO4/c16-10-6-2-4-8-12(10)14(18)7-3-1-5-9(15(19)20)11(7)13(8)17/h1-6H,16H2,(H,19,20). The van der Waals surface area contributed by atoms with Crippen LogP contribution >= 0.6 is 0 Å². The highest BCUT2D eigenvalue weighted by Gasteiger charge is 2.34.